The second-order valence-corrected chi connectivity index (χ2v) is 3.76. The summed E-state index contributed by atoms with van der Waals surface area (Å²) >= 11 is 0. The molecule has 1 aromatic carbocycles. The molecule has 0 atom stereocenters. The maximum Gasteiger partial charge on any atom is 0.291 e. The Morgan fingerprint density at radius 2 is 1.68 bits per heavy atom. The summed E-state index contributed by atoms with van der Waals surface area (Å²) in [5.74, 6) is -0.364. The van der Waals surface area contributed by atoms with Gasteiger partial charge in [0.05, 0.1) is 12.8 Å². The van der Waals surface area contributed by atoms with Gasteiger partial charge in [-0.15, -0.1) is 0 Å². The number of hydrogen-bond acceptors (Lipinski definition) is 4. The summed E-state index contributed by atoms with van der Waals surface area (Å²) in [5.41, 5.74) is 6.41. The Morgan fingerprint density at radius 1 is 1.05 bits per heavy atom. The van der Waals surface area contributed by atoms with E-state index in [0.29, 0.717) is 11.4 Å². The van der Waals surface area contributed by atoms with Crippen LogP contribution in [0.4, 0.5) is 11.4 Å². The predicted molar refractivity (Wildman–Crippen MR) is 70.8 cm³/mol. The highest BCUT2D eigenvalue weighted by atomic mass is 16.3. The maximum atomic E-state index is 11.7. The number of nitrogens with one attached hydrogen (secondary N) is 2. The number of nitrogens with two attached hydrogens (primary N) is 1. The minimum Gasteiger partial charge on any atom is -0.459 e. The Hall–Kier alpha value is -2.60. The average molecular weight is 259 g/mol. The fourth-order valence-electron chi connectivity index (χ4n) is 1.45. The molecular formula is C13H13N3O3. The van der Waals surface area contributed by atoms with Gasteiger partial charge in [-0.2, -0.15) is 0 Å². The van der Waals surface area contributed by atoms with Crippen molar-refractivity contribution in [3.8, 4) is 0 Å². The van der Waals surface area contributed by atoms with Gasteiger partial charge in [-0.1, -0.05) is 0 Å². The molecule has 2 aromatic rings. The van der Waals surface area contributed by atoms with Crippen LogP contribution in [0.5, 0.6) is 0 Å². The lowest BCUT2D eigenvalue weighted by Gasteiger charge is -2.06. The van der Waals surface area contributed by atoms with Gasteiger partial charge >= 0.3 is 0 Å². The molecule has 0 bridgehead atoms. The molecule has 0 spiro atoms. The molecule has 0 aliphatic heterocycles. The number of amides is 2. The second kappa shape index (κ2) is 5.83. The smallest absolute Gasteiger partial charge is 0.291 e. The Labute approximate surface area is 109 Å². The molecule has 0 saturated heterocycles. The summed E-state index contributed by atoms with van der Waals surface area (Å²) in [5, 5.41) is 5.27. The summed E-state index contributed by atoms with van der Waals surface area (Å²) in [6, 6.07) is 9.90. The highest BCUT2D eigenvalue weighted by Crippen LogP contribution is 2.14. The van der Waals surface area contributed by atoms with Crippen LogP contribution in [0.25, 0.3) is 0 Å². The van der Waals surface area contributed by atoms with E-state index in [9.17, 15) is 9.59 Å². The number of anilines is 2. The van der Waals surface area contributed by atoms with Crippen LogP contribution in [0, 0.1) is 0 Å². The van der Waals surface area contributed by atoms with Gasteiger partial charge in [0.15, 0.2) is 5.76 Å². The highest BCUT2D eigenvalue weighted by molar-refractivity contribution is 6.02. The molecule has 98 valence electrons. The predicted octanol–water partition coefficient (Wildman–Crippen LogP) is 1.43. The first-order valence-electron chi connectivity index (χ1n) is 5.64. The van der Waals surface area contributed by atoms with Crippen molar-refractivity contribution in [1.82, 2.24) is 0 Å². The molecule has 19 heavy (non-hydrogen) atoms. The van der Waals surface area contributed by atoms with E-state index in [1.54, 1.807) is 36.4 Å². The lowest BCUT2D eigenvalue weighted by Crippen LogP contribution is -2.21. The first-order valence-corrected chi connectivity index (χ1v) is 5.64. The number of carbonyl (C=O) groups is 2. The highest BCUT2D eigenvalue weighted by Gasteiger charge is 2.08. The molecule has 0 fully saturated rings. The zero-order valence-corrected chi connectivity index (χ0v) is 10.1. The first-order chi connectivity index (χ1) is 9.19. The minimum atomic E-state index is -0.330. The van der Waals surface area contributed by atoms with Crippen LogP contribution in [0.2, 0.25) is 0 Å². The molecule has 6 nitrogen and oxygen atoms in total. The van der Waals surface area contributed by atoms with Gasteiger partial charge in [0.25, 0.3) is 5.91 Å². The van der Waals surface area contributed by atoms with Gasteiger partial charge in [-0.05, 0) is 36.4 Å². The third-order valence-corrected chi connectivity index (χ3v) is 2.36. The Kier molecular flexibility index (Phi) is 3.94. The van der Waals surface area contributed by atoms with Crippen LogP contribution in [-0.4, -0.2) is 18.4 Å². The van der Waals surface area contributed by atoms with Crippen molar-refractivity contribution in [2.45, 2.75) is 0 Å². The zero-order valence-electron chi connectivity index (χ0n) is 10.1. The lowest BCUT2D eigenvalue weighted by atomic mass is 10.2. The van der Waals surface area contributed by atoms with Crippen molar-refractivity contribution < 1.29 is 14.0 Å². The van der Waals surface area contributed by atoms with Crippen LogP contribution >= 0.6 is 0 Å². The number of rotatable bonds is 4. The van der Waals surface area contributed by atoms with Crippen molar-refractivity contribution in [3.63, 3.8) is 0 Å². The maximum absolute atomic E-state index is 11.7. The van der Waals surface area contributed by atoms with E-state index in [4.69, 9.17) is 10.2 Å². The average Bonchev–Trinajstić information content (AvgIpc) is 2.95. The number of hydrogen-bond donors (Lipinski definition) is 3. The number of carbonyl (C=O) groups excluding carboxylic acids is 2. The quantitative estimate of drug-likeness (QED) is 0.773. The largest absolute Gasteiger partial charge is 0.459 e. The van der Waals surface area contributed by atoms with Gasteiger partial charge in [-0.25, -0.2) is 0 Å². The van der Waals surface area contributed by atoms with E-state index in [0.717, 1.165) is 0 Å². The number of furan rings is 1. The zero-order chi connectivity index (χ0) is 13.7. The van der Waals surface area contributed by atoms with E-state index in [2.05, 4.69) is 10.6 Å². The fourth-order valence-corrected chi connectivity index (χ4v) is 1.45. The van der Waals surface area contributed by atoms with Crippen LogP contribution < -0.4 is 16.4 Å². The van der Waals surface area contributed by atoms with Crippen molar-refractivity contribution >= 4 is 23.2 Å². The molecule has 2 rings (SSSR count). The molecule has 0 aliphatic carbocycles. The van der Waals surface area contributed by atoms with E-state index in [1.807, 2.05) is 0 Å². The molecule has 0 radical (unpaired) electrons. The second-order valence-electron chi connectivity index (χ2n) is 3.76. The van der Waals surface area contributed by atoms with Gasteiger partial charge in [0.2, 0.25) is 5.91 Å². The van der Waals surface area contributed by atoms with Gasteiger partial charge in [0, 0.05) is 11.4 Å². The van der Waals surface area contributed by atoms with E-state index >= 15 is 0 Å². The van der Waals surface area contributed by atoms with Crippen LogP contribution in [0.15, 0.2) is 47.1 Å². The molecule has 0 saturated carbocycles. The Balaban J connectivity index is 1.99. The topological polar surface area (TPSA) is 97.4 Å². The van der Waals surface area contributed by atoms with Crippen molar-refractivity contribution in [2.24, 2.45) is 5.73 Å². The van der Waals surface area contributed by atoms with Gasteiger partial charge in [0.1, 0.15) is 0 Å². The molecule has 6 heteroatoms. The lowest BCUT2D eigenvalue weighted by molar-refractivity contribution is -0.114. The molecule has 4 N–H and O–H groups in total. The minimum absolute atomic E-state index is 0.0724. The Bertz CT molecular complexity index is 561. The summed E-state index contributed by atoms with van der Waals surface area (Å²) in [6.07, 6.45) is 1.43. The molecule has 1 heterocycles. The third kappa shape index (κ3) is 3.43. The fraction of sp³-hybridized carbons (Fsp3) is 0.0769. The molecule has 1 aromatic heterocycles. The molecule has 2 amide bonds. The van der Waals surface area contributed by atoms with E-state index < -0.39 is 0 Å². The van der Waals surface area contributed by atoms with Crippen molar-refractivity contribution in [3.05, 3.63) is 48.4 Å². The molecule has 0 unspecified atom stereocenters. The molecular weight excluding hydrogens is 246 g/mol. The van der Waals surface area contributed by atoms with Crippen LogP contribution in [0.1, 0.15) is 10.6 Å². The van der Waals surface area contributed by atoms with Crippen molar-refractivity contribution in [2.75, 3.05) is 17.2 Å². The van der Waals surface area contributed by atoms with Gasteiger partial charge in [-0.3, -0.25) is 9.59 Å². The Morgan fingerprint density at radius 3 is 2.21 bits per heavy atom. The normalized spacial score (nSPS) is 9.95. The van der Waals surface area contributed by atoms with E-state index in [1.165, 1.54) is 6.26 Å². The number of benzene rings is 1. The third-order valence-electron chi connectivity index (χ3n) is 2.36. The summed E-state index contributed by atoms with van der Waals surface area (Å²) in [7, 11) is 0. The monoisotopic (exact) mass is 259 g/mol. The SMILES string of the molecule is NCC(=O)Nc1ccc(NC(=O)c2ccco2)cc1. The van der Waals surface area contributed by atoms with Crippen molar-refractivity contribution in [1.29, 1.82) is 0 Å². The summed E-state index contributed by atoms with van der Waals surface area (Å²) < 4.78 is 4.98. The van der Waals surface area contributed by atoms with E-state index in [-0.39, 0.29) is 24.1 Å². The van der Waals surface area contributed by atoms with Crippen LogP contribution in [0.3, 0.4) is 0 Å². The first kappa shape index (κ1) is 12.8. The summed E-state index contributed by atoms with van der Waals surface area (Å²) in [4.78, 5) is 22.8. The van der Waals surface area contributed by atoms with Crippen LogP contribution in [-0.2, 0) is 4.79 Å². The van der Waals surface area contributed by atoms with Gasteiger partial charge < -0.3 is 20.8 Å². The summed E-state index contributed by atoms with van der Waals surface area (Å²) in [6.45, 7) is -0.0724. The molecule has 0 aliphatic rings. The standard InChI is InChI=1S/C13H13N3O3/c14-8-12(17)15-9-3-5-10(6-4-9)16-13(18)11-2-1-7-19-11/h1-7H,8,14H2,(H,15,17)(H,16,18).